The van der Waals surface area contributed by atoms with Crippen molar-refractivity contribution < 1.29 is 5.11 Å². The maximum atomic E-state index is 8.81. The Morgan fingerprint density at radius 3 is 2.89 bits per heavy atom. The smallest absolute Gasteiger partial charge is 0.224 e. The van der Waals surface area contributed by atoms with Crippen molar-refractivity contribution >= 4 is 11.8 Å². The Labute approximate surface area is 112 Å². The van der Waals surface area contributed by atoms with Crippen LogP contribution < -0.4 is 10.6 Å². The summed E-state index contributed by atoms with van der Waals surface area (Å²) in [5.41, 5.74) is 2.01. The Bertz CT molecular complexity index is 518. The molecular formula is C13H17N5O. The lowest BCUT2D eigenvalue weighted by molar-refractivity contribution is 0.311. The number of aliphatic hydroxyl groups is 1. The van der Waals surface area contributed by atoms with Gasteiger partial charge in [-0.1, -0.05) is 6.07 Å². The minimum Gasteiger partial charge on any atom is -0.395 e. The quantitative estimate of drug-likeness (QED) is 0.723. The number of pyridine rings is 1. The number of aliphatic hydroxyl groups excluding tert-OH is 1. The van der Waals surface area contributed by atoms with Crippen molar-refractivity contribution in [2.24, 2.45) is 0 Å². The summed E-state index contributed by atoms with van der Waals surface area (Å²) in [6, 6.07) is 3.88. The molecule has 2 aromatic heterocycles. The Balaban J connectivity index is 2.00. The number of nitrogens with one attached hydrogen (secondary N) is 2. The molecule has 0 saturated carbocycles. The van der Waals surface area contributed by atoms with E-state index < -0.39 is 0 Å². The first-order valence-electron chi connectivity index (χ1n) is 6.10. The van der Waals surface area contributed by atoms with Crippen LogP contribution >= 0.6 is 0 Å². The molecule has 0 atom stereocenters. The Morgan fingerprint density at radius 2 is 2.16 bits per heavy atom. The van der Waals surface area contributed by atoms with Gasteiger partial charge in [-0.05, 0) is 18.6 Å². The van der Waals surface area contributed by atoms with Gasteiger partial charge in [0.1, 0.15) is 5.82 Å². The van der Waals surface area contributed by atoms with E-state index in [0.29, 0.717) is 19.0 Å². The number of rotatable bonds is 6. The van der Waals surface area contributed by atoms with E-state index in [2.05, 4.69) is 25.6 Å². The second-order valence-corrected chi connectivity index (χ2v) is 4.09. The van der Waals surface area contributed by atoms with Crippen molar-refractivity contribution in [3.05, 3.63) is 41.9 Å². The number of nitrogens with zero attached hydrogens (tertiary/aromatic N) is 3. The third-order valence-corrected chi connectivity index (χ3v) is 2.55. The Kier molecular flexibility index (Phi) is 4.63. The summed E-state index contributed by atoms with van der Waals surface area (Å²) in [5, 5.41) is 15.0. The number of aromatic nitrogens is 3. The molecule has 0 aromatic carbocycles. The average Bonchev–Trinajstić information content (AvgIpc) is 2.46. The number of hydrogen-bond donors (Lipinski definition) is 3. The van der Waals surface area contributed by atoms with Crippen LogP contribution in [0.25, 0.3) is 0 Å². The topological polar surface area (TPSA) is 83.0 Å². The van der Waals surface area contributed by atoms with Crippen LogP contribution in [0.15, 0.2) is 30.7 Å². The van der Waals surface area contributed by atoms with Crippen molar-refractivity contribution in [2.75, 3.05) is 23.8 Å². The van der Waals surface area contributed by atoms with Gasteiger partial charge in [-0.3, -0.25) is 4.98 Å². The number of aryl methyl sites for hydroxylation is 1. The van der Waals surface area contributed by atoms with Gasteiger partial charge < -0.3 is 15.7 Å². The second-order valence-electron chi connectivity index (χ2n) is 4.09. The van der Waals surface area contributed by atoms with Gasteiger partial charge in [-0.2, -0.15) is 4.98 Å². The van der Waals surface area contributed by atoms with Crippen molar-refractivity contribution in [1.29, 1.82) is 0 Å². The molecule has 6 nitrogen and oxygen atoms in total. The van der Waals surface area contributed by atoms with Crippen LogP contribution in [0.3, 0.4) is 0 Å². The lowest BCUT2D eigenvalue weighted by Gasteiger charge is -2.10. The van der Waals surface area contributed by atoms with Gasteiger partial charge in [-0.25, -0.2) is 4.98 Å². The zero-order valence-corrected chi connectivity index (χ0v) is 10.8. The van der Waals surface area contributed by atoms with E-state index in [1.807, 2.05) is 19.1 Å². The summed E-state index contributed by atoms with van der Waals surface area (Å²) in [4.78, 5) is 12.6. The highest BCUT2D eigenvalue weighted by Crippen LogP contribution is 2.12. The van der Waals surface area contributed by atoms with E-state index in [1.54, 1.807) is 18.6 Å². The fourth-order valence-electron chi connectivity index (χ4n) is 1.56. The highest BCUT2D eigenvalue weighted by atomic mass is 16.3. The maximum Gasteiger partial charge on any atom is 0.224 e. The van der Waals surface area contributed by atoms with E-state index in [-0.39, 0.29) is 6.61 Å². The third-order valence-electron chi connectivity index (χ3n) is 2.55. The lowest BCUT2D eigenvalue weighted by Crippen LogP contribution is -2.11. The summed E-state index contributed by atoms with van der Waals surface area (Å²) >= 11 is 0. The van der Waals surface area contributed by atoms with E-state index in [1.165, 1.54) is 0 Å². The van der Waals surface area contributed by atoms with Gasteiger partial charge in [0, 0.05) is 37.2 Å². The molecule has 0 spiro atoms. The highest BCUT2D eigenvalue weighted by Gasteiger charge is 2.03. The summed E-state index contributed by atoms with van der Waals surface area (Å²) < 4.78 is 0. The third kappa shape index (κ3) is 3.89. The minimum atomic E-state index is 0.0713. The second kappa shape index (κ2) is 6.65. The molecule has 3 N–H and O–H groups in total. The van der Waals surface area contributed by atoms with Gasteiger partial charge in [-0.15, -0.1) is 0 Å². The van der Waals surface area contributed by atoms with E-state index >= 15 is 0 Å². The molecule has 2 aromatic rings. The van der Waals surface area contributed by atoms with Crippen LogP contribution in [0.2, 0.25) is 0 Å². The van der Waals surface area contributed by atoms with Crippen LogP contribution in [-0.4, -0.2) is 33.2 Å². The molecule has 2 rings (SSSR count). The van der Waals surface area contributed by atoms with E-state index in [9.17, 15) is 0 Å². The zero-order valence-electron chi connectivity index (χ0n) is 10.8. The average molecular weight is 259 g/mol. The molecule has 0 amide bonds. The Morgan fingerprint density at radius 1 is 1.26 bits per heavy atom. The van der Waals surface area contributed by atoms with Crippen molar-refractivity contribution in [2.45, 2.75) is 13.5 Å². The maximum absolute atomic E-state index is 8.81. The van der Waals surface area contributed by atoms with Gasteiger partial charge in [0.2, 0.25) is 5.95 Å². The van der Waals surface area contributed by atoms with Gasteiger partial charge in [0.25, 0.3) is 0 Å². The largest absolute Gasteiger partial charge is 0.395 e. The number of anilines is 2. The van der Waals surface area contributed by atoms with E-state index in [0.717, 1.165) is 16.9 Å². The Hall–Kier alpha value is -2.21. The van der Waals surface area contributed by atoms with Crippen LogP contribution in [-0.2, 0) is 6.54 Å². The monoisotopic (exact) mass is 259 g/mol. The van der Waals surface area contributed by atoms with Gasteiger partial charge in [0.05, 0.1) is 6.61 Å². The first-order chi connectivity index (χ1) is 9.29. The summed E-state index contributed by atoms with van der Waals surface area (Å²) in [7, 11) is 0. The molecule has 0 aliphatic rings. The fourth-order valence-corrected chi connectivity index (χ4v) is 1.56. The standard InChI is InChI=1S/C13H17N5O/c1-10-7-16-13(18-12(10)15-5-6-19)17-9-11-3-2-4-14-8-11/h2-4,7-8,19H,5-6,9H2,1H3,(H2,15,16,17,18). The summed E-state index contributed by atoms with van der Waals surface area (Å²) in [6.07, 6.45) is 5.28. The molecule has 19 heavy (non-hydrogen) atoms. The molecular weight excluding hydrogens is 242 g/mol. The molecule has 6 heteroatoms. The first kappa shape index (κ1) is 13.2. The lowest BCUT2D eigenvalue weighted by atomic mass is 10.3. The van der Waals surface area contributed by atoms with Crippen LogP contribution in [0.5, 0.6) is 0 Å². The summed E-state index contributed by atoms with van der Waals surface area (Å²) in [6.45, 7) is 3.09. The fraction of sp³-hybridized carbons (Fsp3) is 0.308. The van der Waals surface area contributed by atoms with Gasteiger partial charge in [0.15, 0.2) is 0 Å². The van der Waals surface area contributed by atoms with Gasteiger partial charge >= 0.3 is 0 Å². The molecule has 0 aliphatic carbocycles. The first-order valence-corrected chi connectivity index (χ1v) is 6.10. The van der Waals surface area contributed by atoms with Crippen LogP contribution in [0, 0.1) is 6.92 Å². The number of hydrogen-bond acceptors (Lipinski definition) is 6. The highest BCUT2D eigenvalue weighted by molar-refractivity contribution is 5.46. The van der Waals surface area contributed by atoms with Crippen molar-refractivity contribution in [3.8, 4) is 0 Å². The molecule has 0 aliphatic heterocycles. The minimum absolute atomic E-state index is 0.0713. The molecule has 100 valence electrons. The molecule has 0 fully saturated rings. The van der Waals surface area contributed by atoms with Crippen molar-refractivity contribution in [1.82, 2.24) is 15.0 Å². The predicted molar refractivity (Wildman–Crippen MR) is 73.9 cm³/mol. The molecule has 0 unspecified atom stereocenters. The molecule has 0 saturated heterocycles. The zero-order chi connectivity index (χ0) is 13.5. The molecule has 0 radical (unpaired) electrons. The molecule has 0 bridgehead atoms. The normalized spacial score (nSPS) is 10.2. The van der Waals surface area contributed by atoms with Crippen LogP contribution in [0.4, 0.5) is 11.8 Å². The SMILES string of the molecule is Cc1cnc(NCc2cccnc2)nc1NCCO. The van der Waals surface area contributed by atoms with E-state index in [4.69, 9.17) is 5.11 Å². The molecule has 2 heterocycles. The van der Waals surface area contributed by atoms with Crippen LogP contribution in [0.1, 0.15) is 11.1 Å². The van der Waals surface area contributed by atoms with Crippen molar-refractivity contribution in [3.63, 3.8) is 0 Å². The predicted octanol–water partition coefficient (Wildman–Crippen LogP) is 1.20. The summed E-state index contributed by atoms with van der Waals surface area (Å²) in [5.74, 6) is 1.28.